The van der Waals surface area contributed by atoms with Crippen LogP contribution in [0.2, 0.25) is 0 Å². The maximum Gasteiger partial charge on any atom is 0.408 e. The molecular formula is C24H29F5N6O4S2. The Morgan fingerprint density at radius 1 is 1.24 bits per heavy atom. The molecular weight excluding hydrogens is 595 g/mol. The van der Waals surface area contributed by atoms with Gasteiger partial charge < -0.3 is 15.5 Å². The fourth-order valence-corrected chi connectivity index (χ4v) is 6.57. The smallest absolute Gasteiger partial charge is 0.359 e. The van der Waals surface area contributed by atoms with Crippen molar-refractivity contribution in [3.8, 4) is 10.4 Å². The third-order valence-corrected chi connectivity index (χ3v) is 9.35. The van der Waals surface area contributed by atoms with Gasteiger partial charge in [-0.15, -0.1) is 11.3 Å². The van der Waals surface area contributed by atoms with Gasteiger partial charge in [0.2, 0.25) is 10.0 Å². The van der Waals surface area contributed by atoms with Crippen LogP contribution in [0.15, 0.2) is 12.3 Å². The summed E-state index contributed by atoms with van der Waals surface area (Å²) in [6.07, 6.45) is -4.72. The summed E-state index contributed by atoms with van der Waals surface area (Å²) < 4.78 is 92.6. The number of sulfonamides is 1. The van der Waals surface area contributed by atoms with E-state index in [-0.39, 0.29) is 46.7 Å². The third-order valence-electron chi connectivity index (χ3n) is 7.03. The summed E-state index contributed by atoms with van der Waals surface area (Å²) in [7, 11) is -3.42. The molecule has 2 aromatic rings. The minimum Gasteiger partial charge on any atom is -0.359 e. The third kappa shape index (κ3) is 6.77. The molecule has 2 aromatic heterocycles. The second-order valence-corrected chi connectivity index (χ2v) is 13.0. The lowest BCUT2D eigenvalue weighted by molar-refractivity contribution is -0.142. The van der Waals surface area contributed by atoms with Gasteiger partial charge in [0.05, 0.1) is 17.2 Å². The molecule has 2 saturated heterocycles. The molecule has 0 radical (unpaired) electrons. The highest BCUT2D eigenvalue weighted by atomic mass is 32.2. The summed E-state index contributed by atoms with van der Waals surface area (Å²) >= 11 is 0.676. The number of carbonyl (C=O) groups is 2. The van der Waals surface area contributed by atoms with Gasteiger partial charge in [-0.25, -0.2) is 27.2 Å². The van der Waals surface area contributed by atoms with Crippen LogP contribution in [-0.2, 0) is 10.0 Å². The van der Waals surface area contributed by atoms with Crippen molar-refractivity contribution in [3.63, 3.8) is 0 Å². The largest absolute Gasteiger partial charge is 0.408 e. The molecule has 0 saturated carbocycles. The summed E-state index contributed by atoms with van der Waals surface area (Å²) in [5.41, 5.74) is -1.16. The van der Waals surface area contributed by atoms with Crippen molar-refractivity contribution in [3.05, 3.63) is 28.5 Å². The Hall–Kier alpha value is -2.92. The minimum atomic E-state index is -4.63. The van der Waals surface area contributed by atoms with Crippen molar-refractivity contribution in [1.29, 1.82) is 0 Å². The normalized spacial score (nSPS) is 19.3. The number of hydrogen-bond acceptors (Lipinski definition) is 8. The zero-order valence-electron chi connectivity index (χ0n) is 22.3. The Morgan fingerprint density at radius 3 is 2.46 bits per heavy atom. The zero-order chi connectivity index (χ0) is 30.3. The summed E-state index contributed by atoms with van der Waals surface area (Å²) in [6, 6.07) is -1.87. The van der Waals surface area contributed by atoms with Crippen molar-refractivity contribution in [2.24, 2.45) is 0 Å². The number of alkyl halides is 5. The van der Waals surface area contributed by atoms with Crippen molar-refractivity contribution in [1.82, 2.24) is 24.5 Å². The lowest BCUT2D eigenvalue weighted by atomic mass is 10.1. The molecule has 226 valence electrons. The van der Waals surface area contributed by atoms with E-state index < -0.39 is 57.9 Å². The second-order valence-electron chi connectivity index (χ2n) is 10.0. The Labute approximate surface area is 237 Å². The molecule has 2 atom stereocenters. The molecule has 2 aliphatic rings. The first-order chi connectivity index (χ1) is 19.1. The number of thiazole rings is 1. The highest BCUT2D eigenvalue weighted by Crippen LogP contribution is 2.39. The van der Waals surface area contributed by atoms with E-state index in [1.807, 2.05) is 6.92 Å². The van der Waals surface area contributed by atoms with Gasteiger partial charge in [0.1, 0.15) is 17.6 Å². The fraction of sp³-hybridized carbons (Fsp3) is 0.583. The number of pyridine rings is 1. The highest BCUT2D eigenvalue weighted by Gasteiger charge is 2.39. The number of halogens is 5. The van der Waals surface area contributed by atoms with E-state index in [4.69, 9.17) is 0 Å². The van der Waals surface area contributed by atoms with Crippen LogP contribution in [0.5, 0.6) is 0 Å². The van der Waals surface area contributed by atoms with E-state index in [1.54, 1.807) is 0 Å². The van der Waals surface area contributed by atoms with Crippen LogP contribution in [0.25, 0.3) is 10.4 Å². The van der Waals surface area contributed by atoms with Crippen molar-refractivity contribution < 1.29 is 40.0 Å². The highest BCUT2D eigenvalue weighted by molar-refractivity contribution is 7.88. The van der Waals surface area contributed by atoms with E-state index in [1.165, 1.54) is 11.8 Å². The van der Waals surface area contributed by atoms with Gasteiger partial charge in [0.15, 0.2) is 5.01 Å². The number of rotatable bonds is 9. The number of anilines is 1. The molecule has 17 heteroatoms. The molecule has 0 bridgehead atoms. The summed E-state index contributed by atoms with van der Waals surface area (Å²) in [6.45, 7) is 3.61. The molecule has 10 nitrogen and oxygen atoms in total. The van der Waals surface area contributed by atoms with Gasteiger partial charge in [-0.3, -0.25) is 9.59 Å². The predicted octanol–water partition coefficient (Wildman–Crippen LogP) is 3.89. The first-order valence-corrected chi connectivity index (χ1v) is 15.5. The predicted molar refractivity (Wildman–Crippen MR) is 141 cm³/mol. The van der Waals surface area contributed by atoms with Crippen molar-refractivity contribution >= 4 is 39.0 Å². The van der Waals surface area contributed by atoms with Gasteiger partial charge in [0, 0.05) is 43.0 Å². The molecule has 0 spiro atoms. The van der Waals surface area contributed by atoms with Gasteiger partial charge in [0.25, 0.3) is 18.2 Å². The first kappa shape index (κ1) is 31.0. The van der Waals surface area contributed by atoms with Crippen LogP contribution < -0.4 is 10.6 Å². The summed E-state index contributed by atoms with van der Waals surface area (Å²) in [5, 5.41) is 4.56. The average molecular weight is 625 g/mol. The number of likely N-dealkylation sites (tertiary alicyclic amines) is 1. The fourth-order valence-electron chi connectivity index (χ4n) is 4.68. The standard InChI is InChI=1S/C24H29F5N6O4S2/c1-4-16(24(27,28)29)32-17-8-14(20(25)26)15(9-30-17)19-18(23(37)35-7-5-6-12(35)2)33-22(40-19)21(36)31-13-10-34(11-13)41(3,38)39/h8-9,12-13,16,20H,4-7,10-11H2,1-3H3,(H,30,32)(H,31,36)/t12-,16?/m0/s1. The lowest BCUT2D eigenvalue weighted by Crippen LogP contribution is -2.60. The maximum atomic E-state index is 14.2. The minimum absolute atomic E-state index is 0.0461. The molecule has 2 aliphatic heterocycles. The Balaban J connectivity index is 1.70. The summed E-state index contributed by atoms with van der Waals surface area (Å²) in [4.78, 5) is 36.1. The number of carbonyl (C=O) groups excluding carboxylic acids is 2. The van der Waals surface area contributed by atoms with Crippen LogP contribution in [-0.4, -0.2) is 89.6 Å². The average Bonchev–Trinajstić information content (AvgIpc) is 3.49. The Kier molecular flexibility index (Phi) is 8.90. The molecule has 2 fully saturated rings. The number of amides is 2. The Morgan fingerprint density at radius 2 is 1.93 bits per heavy atom. The molecule has 2 amide bonds. The number of nitrogens with zero attached hydrogens (tertiary/aromatic N) is 4. The van der Waals surface area contributed by atoms with Gasteiger partial charge in [-0.1, -0.05) is 6.92 Å². The second kappa shape index (κ2) is 11.8. The molecule has 0 aromatic carbocycles. The van der Waals surface area contributed by atoms with Crippen LogP contribution in [0, 0.1) is 0 Å². The molecule has 41 heavy (non-hydrogen) atoms. The van der Waals surface area contributed by atoms with Crippen LogP contribution >= 0.6 is 11.3 Å². The van der Waals surface area contributed by atoms with E-state index in [0.29, 0.717) is 17.9 Å². The van der Waals surface area contributed by atoms with E-state index >= 15 is 0 Å². The van der Waals surface area contributed by atoms with Gasteiger partial charge in [-0.05, 0) is 32.3 Å². The molecule has 1 unspecified atom stereocenters. The molecule has 2 N–H and O–H groups in total. The van der Waals surface area contributed by atoms with Crippen LogP contribution in [0.3, 0.4) is 0 Å². The maximum absolute atomic E-state index is 14.2. The molecule has 4 heterocycles. The number of aromatic nitrogens is 2. The molecule has 0 aliphatic carbocycles. The SMILES string of the molecule is CCC(Nc1cc(C(F)F)c(-c2sc(C(=O)NC3CN(S(C)(=O)=O)C3)nc2C(=O)N2CCC[C@@H]2C)cn1)C(F)(F)F. The zero-order valence-corrected chi connectivity index (χ0v) is 24.0. The summed E-state index contributed by atoms with van der Waals surface area (Å²) in [5.74, 6) is -1.71. The van der Waals surface area contributed by atoms with Crippen LogP contribution in [0.1, 0.15) is 65.4 Å². The number of hydrogen-bond donors (Lipinski definition) is 2. The molecule has 4 rings (SSSR count). The van der Waals surface area contributed by atoms with Crippen molar-refractivity contribution in [2.75, 3.05) is 31.2 Å². The monoisotopic (exact) mass is 624 g/mol. The van der Waals surface area contributed by atoms with E-state index in [0.717, 1.165) is 35.7 Å². The quantitative estimate of drug-likeness (QED) is 0.406. The first-order valence-electron chi connectivity index (χ1n) is 12.8. The topological polar surface area (TPSA) is 125 Å². The Bertz CT molecular complexity index is 1410. The van der Waals surface area contributed by atoms with Gasteiger partial charge >= 0.3 is 6.18 Å². The van der Waals surface area contributed by atoms with Crippen LogP contribution in [0.4, 0.5) is 27.8 Å². The van der Waals surface area contributed by atoms with E-state index in [2.05, 4.69) is 20.6 Å². The van der Waals surface area contributed by atoms with E-state index in [9.17, 15) is 40.0 Å². The lowest BCUT2D eigenvalue weighted by Gasteiger charge is -2.37. The van der Waals surface area contributed by atoms with Crippen molar-refractivity contribution in [2.45, 2.75) is 63.8 Å². The number of nitrogens with one attached hydrogen (secondary N) is 2. The van der Waals surface area contributed by atoms with Gasteiger partial charge in [-0.2, -0.15) is 17.5 Å².